The van der Waals surface area contributed by atoms with Crippen molar-refractivity contribution in [2.45, 2.75) is 6.10 Å². The molecular formula is C22H31Cl2N3O4. The Labute approximate surface area is 196 Å². The average molecular weight is 472 g/mol. The summed E-state index contributed by atoms with van der Waals surface area (Å²) in [7, 11) is 3.32. The molecule has 2 aromatic rings. The molecule has 31 heavy (non-hydrogen) atoms. The van der Waals surface area contributed by atoms with Gasteiger partial charge >= 0.3 is 0 Å². The predicted molar refractivity (Wildman–Crippen MR) is 129 cm³/mol. The Balaban J connectivity index is 0.00000240. The van der Waals surface area contributed by atoms with Gasteiger partial charge in [0.25, 0.3) is 0 Å². The SMILES string of the molecule is COc1cccc(C=NOCC(O)CN2CCN(c3ccccc3OC)CC2)c1.Cl.Cl. The van der Waals surface area contributed by atoms with E-state index in [0.29, 0.717) is 6.54 Å². The molecule has 0 aromatic heterocycles. The van der Waals surface area contributed by atoms with Gasteiger partial charge in [-0.3, -0.25) is 4.90 Å². The van der Waals surface area contributed by atoms with Gasteiger partial charge in [-0.1, -0.05) is 29.4 Å². The number of β-amino-alcohol motifs (C(OH)–C–C–N with tert-alkyl or cyclic N) is 1. The third-order valence-electron chi connectivity index (χ3n) is 4.90. The highest BCUT2D eigenvalue weighted by atomic mass is 35.5. The van der Waals surface area contributed by atoms with Crippen molar-refractivity contribution in [2.75, 3.05) is 58.5 Å². The average Bonchev–Trinajstić information content (AvgIpc) is 2.77. The van der Waals surface area contributed by atoms with Crippen LogP contribution in [0.25, 0.3) is 0 Å². The van der Waals surface area contributed by atoms with E-state index in [9.17, 15) is 5.11 Å². The van der Waals surface area contributed by atoms with Crippen molar-refractivity contribution < 1.29 is 19.4 Å². The molecule has 0 amide bonds. The van der Waals surface area contributed by atoms with Gasteiger partial charge in [-0.2, -0.15) is 0 Å². The normalized spacial score (nSPS) is 15.0. The highest BCUT2D eigenvalue weighted by molar-refractivity contribution is 5.85. The van der Waals surface area contributed by atoms with E-state index < -0.39 is 6.10 Å². The van der Waals surface area contributed by atoms with Crippen molar-refractivity contribution in [3.63, 3.8) is 0 Å². The van der Waals surface area contributed by atoms with Gasteiger partial charge in [0, 0.05) is 32.7 Å². The zero-order valence-electron chi connectivity index (χ0n) is 17.8. The van der Waals surface area contributed by atoms with Crippen molar-refractivity contribution in [2.24, 2.45) is 5.16 Å². The van der Waals surface area contributed by atoms with Gasteiger partial charge in [0.1, 0.15) is 24.2 Å². The molecule has 0 spiro atoms. The Morgan fingerprint density at radius 2 is 1.74 bits per heavy atom. The number of aliphatic hydroxyl groups is 1. The third-order valence-corrected chi connectivity index (χ3v) is 4.90. The summed E-state index contributed by atoms with van der Waals surface area (Å²) in [5.74, 6) is 1.66. The van der Waals surface area contributed by atoms with E-state index in [1.807, 2.05) is 42.5 Å². The lowest BCUT2D eigenvalue weighted by Crippen LogP contribution is -2.49. The number of oxime groups is 1. The third kappa shape index (κ3) is 8.10. The fourth-order valence-corrected chi connectivity index (χ4v) is 3.36. The highest BCUT2D eigenvalue weighted by Crippen LogP contribution is 2.28. The lowest BCUT2D eigenvalue weighted by atomic mass is 10.2. The van der Waals surface area contributed by atoms with E-state index in [0.717, 1.165) is 48.9 Å². The molecule has 1 fully saturated rings. The highest BCUT2D eigenvalue weighted by Gasteiger charge is 2.21. The summed E-state index contributed by atoms with van der Waals surface area (Å²) in [6.07, 6.45) is 1.02. The monoisotopic (exact) mass is 471 g/mol. The molecule has 1 aliphatic rings. The zero-order chi connectivity index (χ0) is 20.5. The van der Waals surface area contributed by atoms with Gasteiger partial charge in [0.2, 0.25) is 0 Å². The number of halogens is 2. The molecule has 1 atom stereocenters. The molecule has 1 aliphatic heterocycles. The quantitative estimate of drug-likeness (QED) is 0.447. The van der Waals surface area contributed by atoms with Crippen LogP contribution in [-0.2, 0) is 4.84 Å². The molecule has 3 rings (SSSR count). The standard InChI is InChI=1S/C22H29N3O4.2ClH/c1-27-20-7-5-6-18(14-20)15-23-29-17-19(26)16-24-10-12-25(13-11-24)21-8-3-4-9-22(21)28-2;;/h3-9,14-15,19,26H,10-13,16-17H2,1-2H3;2*1H. The van der Waals surface area contributed by atoms with Crippen LogP contribution >= 0.6 is 24.8 Å². The molecule has 1 N–H and O–H groups in total. The fourth-order valence-electron chi connectivity index (χ4n) is 3.36. The largest absolute Gasteiger partial charge is 0.497 e. The summed E-state index contributed by atoms with van der Waals surface area (Å²) >= 11 is 0. The van der Waals surface area contributed by atoms with Gasteiger partial charge < -0.3 is 24.3 Å². The first kappa shape index (κ1) is 26.8. The summed E-state index contributed by atoms with van der Waals surface area (Å²) in [5, 5.41) is 14.2. The first-order valence-corrected chi connectivity index (χ1v) is 9.77. The zero-order valence-corrected chi connectivity index (χ0v) is 19.5. The lowest BCUT2D eigenvalue weighted by Gasteiger charge is -2.37. The minimum absolute atomic E-state index is 0. The molecule has 7 nitrogen and oxygen atoms in total. The number of aliphatic hydroxyl groups excluding tert-OH is 1. The predicted octanol–water partition coefficient (Wildman–Crippen LogP) is 3.08. The Kier molecular flexibility index (Phi) is 12.1. The second-order valence-corrected chi connectivity index (χ2v) is 6.92. The van der Waals surface area contributed by atoms with E-state index >= 15 is 0 Å². The van der Waals surface area contributed by atoms with E-state index in [-0.39, 0.29) is 31.4 Å². The second kappa shape index (κ2) is 14.0. The van der Waals surface area contributed by atoms with Crippen LogP contribution in [-0.4, -0.2) is 75.9 Å². The molecule has 0 bridgehead atoms. The number of methoxy groups -OCH3 is 2. The number of anilines is 1. The van der Waals surface area contributed by atoms with Crippen LogP contribution < -0.4 is 14.4 Å². The number of ether oxygens (including phenoxy) is 2. The first-order valence-electron chi connectivity index (χ1n) is 9.77. The topological polar surface area (TPSA) is 66.8 Å². The molecule has 0 radical (unpaired) electrons. The molecule has 172 valence electrons. The second-order valence-electron chi connectivity index (χ2n) is 6.92. The van der Waals surface area contributed by atoms with Crippen molar-refractivity contribution >= 4 is 36.7 Å². The number of rotatable bonds is 9. The first-order chi connectivity index (χ1) is 14.2. The van der Waals surface area contributed by atoms with Crippen molar-refractivity contribution in [3.05, 3.63) is 54.1 Å². The number of nitrogens with zero attached hydrogens (tertiary/aromatic N) is 3. The summed E-state index contributed by atoms with van der Waals surface area (Å²) in [4.78, 5) is 9.82. The van der Waals surface area contributed by atoms with E-state index in [4.69, 9.17) is 14.3 Å². The van der Waals surface area contributed by atoms with Gasteiger partial charge in [0.05, 0.1) is 26.1 Å². The number of hydrogen-bond acceptors (Lipinski definition) is 7. The van der Waals surface area contributed by atoms with Crippen LogP contribution in [0.5, 0.6) is 11.5 Å². The fraction of sp³-hybridized carbons (Fsp3) is 0.409. The molecule has 0 aliphatic carbocycles. The lowest BCUT2D eigenvalue weighted by molar-refractivity contribution is 0.0186. The molecule has 1 saturated heterocycles. The molecular weight excluding hydrogens is 441 g/mol. The van der Waals surface area contributed by atoms with Crippen LogP contribution in [0.15, 0.2) is 53.7 Å². The van der Waals surface area contributed by atoms with Crippen molar-refractivity contribution in [3.8, 4) is 11.5 Å². The maximum absolute atomic E-state index is 10.3. The van der Waals surface area contributed by atoms with Gasteiger partial charge in [0.15, 0.2) is 0 Å². The minimum atomic E-state index is -0.588. The number of para-hydroxylation sites is 2. The number of benzene rings is 2. The van der Waals surface area contributed by atoms with Crippen molar-refractivity contribution in [1.82, 2.24) is 4.90 Å². The molecule has 0 saturated carbocycles. The van der Waals surface area contributed by atoms with Gasteiger partial charge in [-0.25, -0.2) is 0 Å². The molecule has 1 unspecified atom stereocenters. The Hall–Kier alpha value is -2.19. The summed E-state index contributed by atoms with van der Waals surface area (Å²) < 4.78 is 10.6. The maximum Gasteiger partial charge on any atom is 0.144 e. The van der Waals surface area contributed by atoms with Crippen LogP contribution in [0.3, 0.4) is 0 Å². The van der Waals surface area contributed by atoms with E-state index in [1.54, 1.807) is 20.4 Å². The summed E-state index contributed by atoms with van der Waals surface area (Å²) in [6.45, 7) is 4.26. The number of hydrogen-bond donors (Lipinski definition) is 1. The smallest absolute Gasteiger partial charge is 0.144 e. The van der Waals surface area contributed by atoms with Gasteiger partial charge in [-0.05, 0) is 29.8 Å². The van der Waals surface area contributed by atoms with Crippen LogP contribution in [0, 0.1) is 0 Å². The molecule has 9 heteroatoms. The van der Waals surface area contributed by atoms with E-state index in [2.05, 4.69) is 21.0 Å². The van der Waals surface area contributed by atoms with Crippen LogP contribution in [0.2, 0.25) is 0 Å². The van der Waals surface area contributed by atoms with Gasteiger partial charge in [-0.15, -0.1) is 24.8 Å². The summed E-state index contributed by atoms with van der Waals surface area (Å²) in [5.41, 5.74) is 2.00. The Morgan fingerprint density at radius 1 is 1.00 bits per heavy atom. The molecule has 2 aromatic carbocycles. The number of piperazine rings is 1. The summed E-state index contributed by atoms with van der Waals surface area (Å²) in [6, 6.07) is 15.6. The van der Waals surface area contributed by atoms with Crippen LogP contribution in [0.1, 0.15) is 5.56 Å². The maximum atomic E-state index is 10.3. The Morgan fingerprint density at radius 3 is 2.45 bits per heavy atom. The molecule has 1 heterocycles. The van der Waals surface area contributed by atoms with Crippen molar-refractivity contribution in [1.29, 1.82) is 0 Å². The van der Waals surface area contributed by atoms with E-state index in [1.165, 1.54) is 0 Å². The minimum Gasteiger partial charge on any atom is -0.497 e. The Bertz CT molecular complexity index is 802. The van der Waals surface area contributed by atoms with Crippen LogP contribution in [0.4, 0.5) is 5.69 Å².